The second-order valence-corrected chi connectivity index (χ2v) is 6.71. The summed E-state index contributed by atoms with van der Waals surface area (Å²) in [6.45, 7) is 3.97. The molecule has 28 heavy (non-hydrogen) atoms. The van der Waals surface area contributed by atoms with Crippen molar-refractivity contribution in [3.8, 4) is 5.75 Å². The van der Waals surface area contributed by atoms with E-state index in [-0.39, 0.29) is 23.2 Å². The lowest BCUT2D eigenvalue weighted by Gasteiger charge is -2.33. The van der Waals surface area contributed by atoms with Crippen LogP contribution in [-0.4, -0.2) is 67.9 Å². The van der Waals surface area contributed by atoms with Crippen molar-refractivity contribution in [2.45, 2.75) is 31.7 Å². The Morgan fingerprint density at radius 1 is 1.36 bits per heavy atom. The number of unbranched alkanes of at least 4 members (excludes halogenated alkanes) is 2. The zero-order valence-corrected chi connectivity index (χ0v) is 16.2. The van der Waals surface area contributed by atoms with Crippen LogP contribution in [0.1, 0.15) is 36.0 Å². The lowest BCUT2D eigenvalue weighted by atomic mass is 10.1. The Bertz CT molecular complexity index is 676. The first-order valence-electron chi connectivity index (χ1n) is 9.59. The third-order valence-corrected chi connectivity index (χ3v) is 4.86. The summed E-state index contributed by atoms with van der Waals surface area (Å²) in [6, 6.07) is 4.12. The second kappa shape index (κ2) is 11.4. The smallest absolute Gasteiger partial charge is 0.283 e. The lowest BCUT2D eigenvalue weighted by molar-refractivity contribution is -0.385. The molecule has 0 aromatic heterocycles. The fraction of sp³-hybridized carbons (Fsp3) is 0.579. The number of nitro groups is 1. The van der Waals surface area contributed by atoms with Crippen LogP contribution in [0.15, 0.2) is 18.2 Å². The molecule has 1 saturated heterocycles. The number of hydrogen-bond acceptors (Lipinski definition) is 7. The van der Waals surface area contributed by atoms with Crippen molar-refractivity contribution in [1.82, 2.24) is 15.5 Å². The number of rotatable bonds is 11. The summed E-state index contributed by atoms with van der Waals surface area (Å²) in [5.74, 6) is 0.432. The Morgan fingerprint density at radius 3 is 2.75 bits per heavy atom. The normalized spacial score (nSPS) is 15.6. The third-order valence-electron chi connectivity index (χ3n) is 4.86. The molecule has 2 rings (SSSR count). The molecule has 0 spiro atoms. The zero-order valence-electron chi connectivity index (χ0n) is 16.2. The van der Waals surface area contributed by atoms with E-state index in [1.54, 1.807) is 13.1 Å². The summed E-state index contributed by atoms with van der Waals surface area (Å²) in [5, 5.41) is 17.0. The van der Waals surface area contributed by atoms with Crippen LogP contribution >= 0.6 is 0 Å². The highest BCUT2D eigenvalue weighted by Gasteiger charge is 2.25. The number of amides is 1. The van der Waals surface area contributed by atoms with Gasteiger partial charge in [-0.3, -0.25) is 24.6 Å². The maximum atomic E-state index is 12.2. The van der Waals surface area contributed by atoms with Crippen LogP contribution in [0.2, 0.25) is 0 Å². The highest BCUT2D eigenvalue weighted by Crippen LogP contribution is 2.23. The molecule has 1 atom stereocenters. The summed E-state index contributed by atoms with van der Waals surface area (Å²) in [5.41, 5.74) is -0.220. The molecule has 2 N–H and O–H groups in total. The lowest BCUT2D eigenvalue weighted by Crippen LogP contribution is -2.53. The molecule has 1 aliphatic rings. The molecule has 154 valence electrons. The van der Waals surface area contributed by atoms with E-state index in [4.69, 9.17) is 4.74 Å². The average molecular weight is 392 g/mol. The standard InChI is InChI=1S/C19H28N4O5/c1-20-19(25)17(22-10-8-21-9-11-22)5-3-2-4-12-28-16-7-6-15(14-24)18(13-16)23(26)27/h6-7,13-14,17,21H,2-5,8-12H2,1H3,(H,20,25). The van der Waals surface area contributed by atoms with Crippen molar-refractivity contribution in [3.63, 3.8) is 0 Å². The predicted octanol–water partition coefficient (Wildman–Crippen LogP) is 1.37. The average Bonchev–Trinajstić information content (AvgIpc) is 2.73. The molecule has 1 aliphatic heterocycles. The van der Waals surface area contributed by atoms with Crippen LogP contribution in [0, 0.1) is 10.1 Å². The summed E-state index contributed by atoms with van der Waals surface area (Å²) >= 11 is 0. The van der Waals surface area contributed by atoms with E-state index in [2.05, 4.69) is 15.5 Å². The van der Waals surface area contributed by atoms with Crippen LogP contribution in [0.3, 0.4) is 0 Å². The molecule has 0 saturated carbocycles. The number of carbonyl (C=O) groups is 2. The van der Waals surface area contributed by atoms with Crippen LogP contribution < -0.4 is 15.4 Å². The second-order valence-electron chi connectivity index (χ2n) is 6.71. The van der Waals surface area contributed by atoms with Crippen molar-refractivity contribution < 1.29 is 19.2 Å². The Labute approximate surface area is 164 Å². The largest absolute Gasteiger partial charge is 0.493 e. The van der Waals surface area contributed by atoms with Crippen molar-refractivity contribution in [2.24, 2.45) is 0 Å². The SMILES string of the molecule is CNC(=O)C(CCCCCOc1ccc(C=O)c([N+](=O)[O-])c1)N1CCNCC1. The van der Waals surface area contributed by atoms with E-state index in [1.165, 1.54) is 12.1 Å². The number of likely N-dealkylation sites (N-methyl/N-ethyl adjacent to an activating group) is 1. The summed E-state index contributed by atoms with van der Waals surface area (Å²) < 4.78 is 5.57. The maximum Gasteiger partial charge on any atom is 0.283 e. The van der Waals surface area contributed by atoms with Crippen molar-refractivity contribution in [3.05, 3.63) is 33.9 Å². The van der Waals surface area contributed by atoms with Gasteiger partial charge in [0, 0.05) is 33.2 Å². The number of nitrogens with zero attached hydrogens (tertiary/aromatic N) is 2. The molecule has 0 aliphatic carbocycles. The Kier molecular flexibility index (Phi) is 8.83. The van der Waals surface area contributed by atoms with E-state index in [1.807, 2.05) is 0 Å². The summed E-state index contributed by atoms with van der Waals surface area (Å²) in [7, 11) is 1.67. The topological polar surface area (TPSA) is 114 Å². The van der Waals surface area contributed by atoms with Gasteiger partial charge in [0.1, 0.15) is 5.75 Å². The van der Waals surface area contributed by atoms with Crippen molar-refractivity contribution in [2.75, 3.05) is 39.8 Å². The Balaban J connectivity index is 1.74. The molecule has 9 nitrogen and oxygen atoms in total. The number of nitrogens with one attached hydrogen (secondary N) is 2. The molecule has 1 unspecified atom stereocenters. The molecule has 0 bridgehead atoms. The van der Waals surface area contributed by atoms with Gasteiger partial charge in [0.2, 0.25) is 5.91 Å². The third kappa shape index (κ3) is 6.28. The fourth-order valence-electron chi connectivity index (χ4n) is 3.32. The number of ether oxygens (including phenoxy) is 1. The number of carbonyl (C=O) groups excluding carboxylic acids is 2. The number of aldehydes is 1. The first-order valence-corrected chi connectivity index (χ1v) is 9.59. The molecule has 1 aromatic rings. The first kappa shape index (κ1) is 21.8. The zero-order chi connectivity index (χ0) is 20.4. The molecule has 1 amide bonds. The minimum atomic E-state index is -0.592. The van der Waals surface area contributed by atoms with Gasteiger partial charge in [-0.2, -0.15) is 0 Å². The number of benzene rings is 1. The van der Waals surface area contributed by atoms with E-state index in [0.717, 1.165) is 51.9 Å². The molecular weight excluding hydrogens is 364 g/mol. The van der Waals surface area contributed by atoms with Crippen LogP contribution in [0.5, 0.6) is 5.75 Å². The number of piperazine rings is 1. The molecule has 9 heteroatoms. The van der Waals surface area contributed by atoms with E-state index in [0.29, 0.717) is 18.6 Å². The highest BCUT2D eigenvalue weighted by atomic mass is 16.6. The molecule has 0 radical (unpaired) electrons. The fourth-order valence-corrected chi connectivity index (χ4v) is 3.32. The van der Waals surface area contributed by atoms with E-state index < -0.39 is 4.92 Å². The summed E-state index contributed by atoms with van der Waals surface area (Å²) in [4.78, 5) is 35.6. The van der Waals surface area contributed by atoms with Gasteiger partial charge in [0.25, 0.3) is 5.69 Å². The number of nitro benzene ring substituents is 1. The van der Waals surface area contributed by atoms with Gasteiger partial charge in [-0.25, -0.2) is 0 Å². The monoisotopic (exact) mass is 392 g/mol. The minimum absolute atomic E-state index is 0.0329. The van der Waals surface area contributed by atoms with Gasteiger partial charge in [-0.1, -0.05) is 6.42 Å². The van der Waals surface area contributed by atoms with Crippen LogP contribution in [-0.2, 0) is 4.79 Å². The van der Waals surface area contributed by atoms with E-state index in [9.17, 15) is 19.7 Å². The maximum absolute atomic E-state index is 12.2. The van der Waals surface area contributed by atoms with E-state index >= 15 is 0 Å². The summed E-state index contributed by atoms with van der Waals surface area (Å²) in [6.07, 6.45) is 3.83. The number of hydrogen-bond donors (Lipinski definition) is 2. The van der Waals surface area contributed by atoms with Crippen molar-refractivity contribution in [1.29, 1.82) is 0 Å². The highest BCUT2D eigenvalue weighted by molar-refractivity contribution is 5.82. The molecule has 1 aromatic carbocycles. The predicted molar refractivity (Wildman–Crippen MR) is 105 cm³/mol. The minimum Gasteiger partial charge on any atom is -0.493 e. The van der Waals surface area contributed by atoms with Crippen molar-refractivity contribution >= 4 is 17.9 Å². The Morgan fingerprint density at radius 2 is 2.11 bits per heavy atom. The quantitative estimate of drug-likeness (QED) is 0.253. The van der Waals surface area contributed by atoms with Gasteiger partial charge in [0.05, 0.1) is 29.2 Å². The van der Waals surface area contributed by atoms with Crippen LogP contribution in [0.25, 0.3) is 0 Å². The first-order chi connectivity index (χ1) is 13.6. The molecule has 1 heterocycles. The van der Waals surface area contributed by atoms with Crippen LogP contribution in [0.4, 0.5) is 5.69 Å². The van der Waals surface area contributed by atoms with Gasteiger partial charge in [0.15, 0.2) is 6.29 Å². The van der Waals surface area contributed by atoms with Gasteiger partial charge >= 0.3 is 0 Å². The Hall–Kier alpha value is -2.52. The molecule has 1 fully saturated rings. The van der Waals surface area contributed by atoms with Gasteiger partial charge in [-0.15, -0.1) is 0 Å². The van der Waals surface area contributed by atoms with Gasteiger partial charge in [-0.05, 0) is 31.4 Å². The van der Waals surface area contributed by atoms with Gasteiger partial charge < -0.3 is 15.4 Å². The molecular formula is C19H28N4O5.